The van der Waals surface area contributed by atoms with Gasteiger partial charge in [-0.15, -0.1) is 5.10 Å². The Bertz CT molecular complexity index is 1200. The number of nitrogens with zero attached hydrogens (tertiary/aromatic N) is 3. The fourth-order valence-corrected chi connectivity index (χ4v) is 4.62. The van der Waals surface area contributed by atoms with Crippen LogP contribution in [0, 0.1) is 19.8 Å². The minimum absolute atomic E-state index is 0.122. The molecule has 0 spiro atoms. The number of rotatable bonds is 3. The molecule has 3 aromatic rings. The molecular weight excluding hydrogens is 438 g/mol. The van der Waals surface area contributed by atoms with Gasteiger partial charge in [-0.05, 0) is 76.8 Å². The third-order valence-corrected chi connectivity index (χ3v) is 6.29. The molecule has 0 N–H and O–H groups in total. The predicted molar refractivity (Wildman–Crippen MR) is 131 cm³/mol. The van der Waals surface area contributed by atoms with Gasteiger partial charge in [-0.25, -0.2) is 0 Å². The van der Waals surface area contributed by atoms with Crippen molar-refractivity contribution in [2.75, 3.05) is 18.0 Å². The van der Waals surface area contributed by atoms with Gasteiger partial charge in [-0.2, -0.15) is 4.68 Å². The number of aryl methyl sites for hydroxylation is 2. The summed E-state index contributed by atoms with van der Waals surface area (Å²) in [7, 11) is 0. The van der Waals surface area contributed by atoms with Crippen LogP contribution in [0.25, 0.3) is 10.9 Å². The Morgan fingerprint density at radius 2 is 1.79 bits per heavy atom. The van der Waals surface area contributed by atoms with Crippen molar-refractivity contribution in [2.24, 2.45) is 5.92 Å². The van der Waals surface area contributed by atoms with E-state index < -0.39 is 5.60 Å². The Balaban J connectivity index is 1.65. The van der Waals surface area contributed by atoms with Gasteiger partial charge in [0.05, 0.1) is 22.0 Å². The van der Waals surface area contributed by atoms with E-state index in [0.717, 1.165) is 27.8 Å². The first-order valence-corrected chi connectivity index (χ1v) is 11.7. The van der Waals surface area contributed by atoms with Gasteiger partial charge in [0.1, 0.15) is 5.60 Å². The maximum Gasteiger partial charge on any atom is 0.309 e. The highest BCUT2D eigenvalue weighted by Crippen LogP contribution is 2.32. The predicted octanol–water partition coefficient (Wildman–Crippen LogP) is 5.55. The molecule has 7 heteroatoms. The topological polar surface area (TPSA) is 64.4 Å². The minimum atomic E-state index is -0.488. The largest absolute Gasteiger partial charge is 0.460 e. The van der Waals surface area contributed by atoms with E-state index in [1.807, 2.05) is 65.0 Å². The number of piperidine rings is 1. The lowest BCUT2D eigenvalue weighted by Gasteiger charge is -2.32. The van der Waals surface area contributed by atoms with Crippen LogP contribution < -0.4 is 4.90 Å². The van der Waals surface area contributed by atoms with Crippen molar-refractivity contribution in [1.29, 1.82) is 0 Å². The summed E-state index contributed by atoms with van der Waals surface area (Å²) in [5.41, 5.74) is 2.58. The fraction of sp³-hybridized carbons (Fsp3) is 0.423. The zero-order valence-corrected chi connectivity index (χ0v) is 20.6. The second kappa shape index (κ2) is 8.82. The van der Waals surface area contributed by atoms with Crippen molar-refractivity contribution in [3.8, 4) is 0 Å². The van der Waals surface area contributed by atoms with Crippen LogP contribution in [-0.2, 0) is 9.53 Å². The Morgan fingerprint density at radius 1 is 1.09 bits per heavy atom. The van der Waals surface area contributed by atoms with Crippen LogP contribution in [-0.4, -0.2) is 40.3 Å². The molecule has 0 saturated carbocycles. The van der Waals surface area contributed by atoms with Gasteiger partial charge >= 0.3 is 5.97 Å². The maximum atomic E-state index is 13.5. The molecule has 0 aliphatic carbocycles. The molecule has 0 radical (unpaired) electrons. The monoisotopic (exact) mass is 467 g/mol. The summed E-state index contributed by atoms with van der Waals surface area (Å²) >= 11 is 6.39. The summed E-state index contributed by atoms with van der Waals surface area (Å²) < 4.78 is 7.04. The zero-order chi connectivity index (χ0) is 23.9. The van der Waals surface area contributed by atoms with Gasteiger partial charge in [0.15, 0.2) is 5.82 Å². The molecule has 2 aromatic carbocycles. The lowest BCUT2D eigenvalue weighted by Crippen LogP contribution is -2.39. The zero-order valence-electron chi connectivity index (χ0n) is 19.8. The van der Waals surface area contributed by atoms with Gasteiger partial charge in [0, 0.05) is 18.5 Å². The van der Waals surface area contributed by atoms with Gasteiger partial charge < -0.3 is 9.64 Å². The molecular formula is C26H30ClN3O3. The number of carbonyl (C=O) groups excluding carboxylic acids is 2. The molecule has 1 aliphatic heterocycles. The highest BCUT2D eigenvalue weighted by Gasteiger charge is 2.31. The number of benzene rings is 2. The van der Waals surface area contributed by atoms with Crippen LogP contribution in [0.4, 0.5) is 5.82 Å². The molecule has 0 bridgehead atoms. The Labute approximate surface area is 199 Å². The molecule has 1 aromatic heterocycles. The van der Waals surface area contributed by atoms with Gasteiger partial charge in [0.25, 0.3) is 5.91 Å². The average Bonchev–Trinajstić information content (AvgIpc) is 3.11. The van der Waals surface area contributed by atoms with Gasteiger partial charge in [-0.1, -0.05) is 29.8 Å². The van der Waals surface area contributed by atoms with E-state index in [2.05, 4.69) is 4.90 Å². The van der Waals surface area contributed by atoms with Gasteiger partial charge in [0.2, 0.25) is 0 Å². The van der Waals surface area contributed by atoms with E-state index in [0.29, 0.717) is 36.5 Å². The number of carbonyl (C=O) groups is 2. The molecule has 4 rings (SSSR count). The van der Waals surface area contributed by atoms with E-state index in [9.17, 15) is 9.59 Å². The molecule has 174 valence electrons. The average molecular weight is 468 g/mol. The minimum Gasteiger partial charge on any atom is -0.460 e. The van der Waals surface area contributed by atoms with E-state index in [1.54, 1.807) is 6.07 Å². The number of ether oxygens (including phenoxy) is 1. The van der Waals surface area contributed by atoms with Crippen LogP contribution in [0.1, 0.15) is 55.1 Å². The molecule has 1 fully saturated rings. The van der Waals surface area contributed by atoms with Gasteiger partial charge in [-0.3, -0.25) is 9.59 Å². The van der Waals surface area contributed by atoms with Crippen molar-refractivity contribution in [3.05, 3.63) is 58.1 Å². The lowest BCUT2D eigenvalue weighted by atomic mass is 9.96. The van der Waals surface area contributed by atoms with E-state index in [-0.39, 0.29) is 17.8 Å². The van der Waals surface area contributed by atoms with E-state index in [4.69, 9.17) is 21.4 Å². The lowest BCUT2D eigenvalue weighted by molar-refractivity contribution is -0.160. The number of halogens is 1. The summed E-state index contributed by atoms with van der Waals surface area (Å²) in [6.07, 6.45) is 1.37. The smallest absolute Gasteiger partial charge is 0.309 e. The molecule has 6 nitrogen and oxygen atoms in total. The number of anilines is 1. The van der Waals surface area contributed by atoms with Crippen molar-refractivity contribution >= 4 is 40.2 Å². The number of esters is 1. The first-order valence-electron chi connectivity index (χ1n) is 11.3. The number of hydrogen-bond donors (Lipinski definition) is 0. The summed E-state index contributed by atoms with van der Waals surface area (Å²) in [4.78, 5) is 28.2. The molecule has 2 heterocycles. The molecule has 0 amide bonds. The molecule has 0 unspecified atom stereocenters. The van der Waals surface area contributed by atoms with Crippen molar-refractivity contribution in [1.82, 2.24) is 9.78 Å². The first-order chi connectivity index (χ1) is 15.5. The Morgan fingerprint density at radius 3 is 2.42 bits per heavy atom. The second-order valence-electron chi connectivity index (χ2n) is 9.79. The quantitative estimate of drug-likeness (QED) is 0.472. The highest BCUT2D eigenvalue weighted by atomic mass is 35.5. The summed E-state index contributed by atoms with van der Waals surface area (Å²) in [6, 6.07) is 11.4. The first kappa shape index (κ1) is 23.3. The van der Waals surface area contributed by atoms with Crippen LogP contribution in [0.2, 0.25) is 5.02 Å². The van der Waals surface area contributed by atoms with Crippen LogP contribution in [0.5, 0.6) is 0 Å². The molecule has 1 saturated heterocycles. The summed E-state index contributed by atoms with van der Waals surface area (Å²) in [6.45, 7) is 10.9. The van der Waals surface area contributed by atoms with Crippen molar-refractivity contribution in [2.45, 2.75) is 53.1 Å². The van der Waals surface area contributed by atoms with Crippen LogP contribution >= 0.6 is 11.6 Å². The number of aromatic nitrogens is 2. The SMILES string of the molecule is Cc1ccc2c(N3CCC(C(=O)OC(C)(C)C)CC3)nn(C(=O)c3c(C)cccc3Cl)c2c1. The molecule has 33 heavy (non-hydrogen) atoms. The third-order valence-electron chi connectivity index (χ3n) is 5.98. The standard InChI is InChI=1S/C26H30ClN3O3/c1-16-9-10-19-21(15-16)30(24(31)22-17(2)7-6-8-20(22)27)28-23(19)29-13-11-18(12-14-29)25(32)33-26(3,4)5/h6-10,15,18H,11-14H2,1-5H3. The van der Waals surface area contributed by atoms with E-state index in [1.165, 1.54) is 4.68 Å². The summed E-state index contributed by atoms with van der Waals surface area (Å²) in [5.74, 6) is 0.246. The third kappa shape index (κ3) is 4.76. The fourth-order valence-electron chi connectivity index (χ4n) is 4.32. The van der Waals surface area contributed by atoms with Crippen LogP contribution in [0.3, 0.4) is 0 Å². The summed E-state index contributed by atoms with van der Waals surface area (Å²) in [5, 5.41) is 6.08. The number of hydrogen-bond acceptors (Lipinski definition) is 5. The molecule has 0 atom stereocenters. The Kier molecular flexibility index (Phi) is 6.23. The van der Waals surface area contributed by atoms with Crippen molar-refractivity contribution < 1.29 is 14.3 Å². The highest BCUT2D eigenvalue weighted by molar-refractivity contribution is 6.34. The number of fused-ring (bicyclic) bond motifs is 1. The second-order valence-corrected chi connectivity index (χ2v) is 10.2. The molecule has 1 aliphatic rings. The normalized spacial score (nSPS) is 15.2. The maximum absolute atomic E-state index is 13.5. The van der Waals surface area contributed by atoms with Crippen LogP contribution in [0.15, 0.2) is 36.4 Å². The van der Waals surface area contributed by atoms with Crippen molar-refractivity contribution in [3.63, 3.8) is 0 Å². The van der Waals surface area contributed by atoms with E-state index >= 15 is 0 Å². The Hall–Kier alpha value is -2.86.